The van der Waals surface area contributed by atoms with Crippen LogP contribution in [0.1, 0.15) is 6.92 Å². The number of pyridine rings is 1. The van der Waals surface area contributed by atoms with Crippen LogP contribution in [0.4, 0.5) is 19.0 Å². The molecule has 106 valence electrons. The molecule has 0 amide bonds. The fourth-order valence-electron chi connectivity index (χ4n) is 1.65. The summed E-state index contributed by atoms with van der Waals surface area (Å²) in [5.41, 5.74) is -0.242. The second kappa shape index (κ2) is 5.89. The van der Waals surface area contributed by atoms with Gasteiger partial charge in [-0.25, -0.2) is 18.2 Å². The Bertz CT molecular complexity index is 663. The average molecular weight is 321 g/mol. The minimum atomic E-state index is -1.27. The fraction of sp³-hybridized carbons (Fsp3) is 0.154. The Kier molecular flexibility index (Phi) is 4.40. The zero-order valence-corrected chi connectivity index (χ0v) is 11.8. The van der Waals surface area contributed by atoms with E-state index in [9.17, 15) is 13.2 Å². The third-order valence-corrected chi connectivity index (χ3v) is 3.12. The molecule has 0 fully saturated rings. The first-order valence-electron chi connectivity index (χ1n) is 5.68. The lowest BCUT2D eigenvalue weighted by molar-refractivity contribution is 0.496. The van der Waals surface area contributed by atoms with Crippen molar-refractivity contribution >= 4 is 29.0 Å². The molecule has 1 aromatic heterocycles. The van der Waals surface area contributed by atoms with Crippen LogP contribution < -0.4 is 5.32 Å². The molecule has 0 atom stereocenters. The minimum absolute atomic E-state index is 0.0107. The van der Waals surface area contributed by atoms with Crippen LogP contribution in [0.3, 0.4) is 0 Å². The lowest BCUT2D eigenvalue weighted by Crippen LogP contribution is -2.02. The normalized spacial score (nSPS) is 10.7. The first-order valence-corrected chi connectivity index (χ1v) is 6.44. The summed E-state index contributed by atoms with van der Waals surface area (Å²) in [6.07, 6.45) is 0. The van der Waals surface area contributed by atoms with Crippen molar-refractivity contribution in [1.29, 1.82) is 0 Å². The molecule has 0 spiro atoms. The Morgan fingerprint density at radius 1 is 1.00 bits per heavy atom. The van der Waals surface area contributed by atoms with Crippen LogP contribution in [0.5, 0.6) is 0 Å². The molecule has 0 bridgehead atoms. The Labute approximate surface area is 123 Å². The molecule has 0 radical (unpaired) electrons. The lowest BCUT2D eigenvalue weighted by Gasteiger charge is -2.11. The van der Waals surface area contributed by atoms with Crippen LogP contribution in [-0.2, 0) is 0 Å². The van der Waals surface area contributed by atoms with Gasteiger partial charge in [0.15, 0.2) is 11.6 Å². The molecule has 0 aliphatic rings. The summed E-state index contributed by atoms with van der Waals surface area (Å²) in [6.45, 7) is 2.36. The smallest absolute Gasteiger partial charge is 0.161 e. The highest BCUT2D eigenvalue weighted by atomic mass is 35.5. The number of hydrogen-bond donors (Lipinski definition) is 1. The van der Waals surface area contributed by atoms with Crippen molar-refractivity contribution in [3.63, 3.8) is 0 Å². The summed E-state index contributed by atoms with van der Waals surface area (Å²) in [5, 5.41) is 3.16. The van der Waals surface area contributed by atoms with Crippen molar-refractivity contribution in [2.24, 2.45) is 0 Å². The van der Waals surface area contributed by atoms with Gasteiger partial charge in [0.25, 0.3) is 0 Å². The summed E-state index contributed by atoms with van der Waals surface area (Å²) in [7, 11) is 0. The Balaban J connectivity index is 2.63. The quantitative estimate of drug-likeness (QED) is 0.813. The highest BCUT2D eigenvalue weighted by Crippen LogP contribution is 2.34. The van der Waals surface area contributed by atoms with Gasteiger partial charge in [-0.2, -0.15) is 0 Å². The van der Waals surface area contributed by atoms with E-state index in [1.54, 1.807) is 0 Å². The van der Waals surface area contributed by atoms with Crippen molar-refractivity contribution in [1.82, 2.24) is 4.98 Å². The number of halogens is 5. The summed E-state index contributed by atoms with van der Waals surface area (Å²) in [4.78, 5) is 4.06. The van der Waals surface area contributed by atoms with E-state index in [2.05, 4.69) is 10.3 Å². The van der Waals surface area contributed by atoms with E-state index in [1.165, 1.54) is 6.07 Å². The number of aromatic nitrogens is 1. The van der Waals surface area contributed by atoms with Gasteiger partial charge >= 0.3 is 0 Å². The van der Waals surface area contributed by atoms with Crippen LogP contribution in [0.2, 0.25) is 10.0 Å². The predicted octanol–water partition coefficient (Wildman–Crippen LogP) is 4.90. The van der Waals surface area contributed by atoms with E-state index in [4.69, 9.17) is 23.2 Å². The molecule has 0 unspecified atom stereocenters. The first kappa shape index (κ1) is 14.9. The van der Waals surface area contributed by atoms with Crippen LogP contribution in [-0.4, -0.2) is 11.5 Å². The largest absolute Gasteiger partial charge is 0.369 e. The second-order valence-corrected chi connectivity index (χ2v) is 4.74. The molecule has 1 heterocycles. The highest BCUT2D eigenvalue weighted by molar-refractivity contribution is 6.37. The Hall–Kier alpha value is -1.46. The molecular weight excluding hydrogens is 312 g/mol. The summed E-state index contributed by atoms with van der Waals surface area (Å²) >= 11 is 11.9. The third kappa shape index (κ3) is 2.83. The molecule has 2 nitrogen and oxygen atoms in total. The summed E-state index contributed by atoms with van der Waals surface area (Å²) in [6, 6.07) is 2.52. The second-order valence-electron chi connectivity index (χ2n) is 3.93. The van der Waals surface area contributed by atoms with E-state index in [-0.39, 0.29) is 27.1 Å². The molecule has 1 aromatic carbocycles. The molecule has 1 N–H and O–H groups in total. The topological polar surface area (TPSA) is 24.9 Å². The molecule has 0 saturated heterocycles. The number of hydrogen-bond acceptors (Lipinski definition) is 2. The molecule has 0 saturated carbocycles. The van der Waals surface area contributed by atoms with Gasteiger partial charge in [-0.3, -0.25) is 0 Å². The van der Waals surface area contributed by atoms with E-state index in [0.717, 1.165) is 0 Å². The number of benzene rings is 1. The number of nitrogens with zero attached hydrogens (tertiary/aromatic N) is 1. The molecular formula is C13H9Cl2F3N2. The Morgan fingerprint density at radius 3 is 2.30 bits per heavy atom. The van der Waals surface area contributed by atoms with Gasteiger partial charge in [-0.1, -0.05) is 23.2 Å². The fourth-order valence-corrected chi connectivity index (χ4v) is 2.18. The van der Waals surface area contributed by atoms with E-state index in [1.807, 2.05) is 6.92 Å². The first-order chi connectivity index (χ1) is 9.43. The molecule has 0 aliphatic heterocycles. The number of nitrogens with one attached hydrogen (secondary N) is 1. The van der Waals surface area contributed by atoms with Gasteiger partial charge < -0.3 is 5.32 Å². The van der Waals surface area contributed by atoms with E-state index < -0.39 is 17.5 Å². The van der Waals surface area contributed by atoms with Crippen molar-refractivity contribution in [3.8, 4) is 11.3 Å². The van der Waals surface area contributed by atoms with Crippen LogP contribution >= 0.6 is 23.2 Å². The van der Waals surface area contributed by atoms with Crippen LogP contribution in [0.25, 0.3) is 11.3 Å². The van der Waals surface area contributed by atoms with Crippen LogP contribution in [0, 0.1) is 17.5 Å². The highest BCUT2D eigenvalue weighted by Gasteiger charge is 2.17. The Morgan fingerprint density at radius 2 is 1.65 bits per heavy atom. The van der Waals surface area contributed by atoms with Crippen molar-refractivity contribution in [2.45, 2.75) is 6.92 Å². The SMILES string of the molecule is CCNc1nc(-c2cc(F)c(F)cc2F)c(Cl)cc1Cl. The molecule has 2 rings (SSSR count). The van der Waals surface area contributed by atoms with Gasteiger partial charge in [0.05, 0.1) is 15.7 Å². The molecule has 2 aromatic rings. The summed E-state index contributed by atoms with van der Waals surface area (Å²) < 4.78 is 39.9. The van der Waals surface area contributed by atoms with E-state index >= 15 is 0 Å². The zero-order chi connectivity index (χ0) is 14.9. The van der Waals surface area contributed by atoms with Gasteiger partial charge in [-0.15, -0.1) is 0 Å². The summed E-state index contributed by atoms with van der Waals surface area (Å²) in [5.74, 6) is -3.12. The third-order valence-electron chi connectivity index (χ3n) is 2.54. The van der Waals surface area contributed by atoms with Crippen molar-refractivity contribution in [2.75, 3.05) is 11.9 Å². The number of rotatable bonds is 3. The lowest BCUT2D eigenvalue weighted by atomic mass is 10.1. The molecule has 0 aliphatic carbocycles. The predicted molar refractivity (Wildman–Crippen MR) is 73.7 cm³/mol. The maximum absolute atomic E-state index is 13.8. The van der Waals surface area contributed by atoms with Gasteiger partial charge in [0, 0.05) is 18.2 Å². The van der Waals surface area contributed by atoms with Crippen molar-refractivity contribution in [3.05, 3.63) is 45.7 Å². The molecule has 7 heteroatoms. The van der Waals surface area contributed by atoms with Gasteiger partial charge in [0.2, 0.25) is 0 Å². The average Bonchev–Trinajstić information content (AvgIpc) is 2.38. The number of anilines is 1. The van der Waals surface area contributed by atoms with Gasteiger partial charge in [-0.05, 0) is 19.1 Å². The van der Waals surface area contributed by atoms with Gasteiger partial charge in [0.1, 0.15) is 11.6 Å². The zero-order valence-electron chi connectivity index (χ0n) is 10.3. The van der Waals surface area contributed by atoms with E-state index in [0.29, 0.717) is 18.7 Å². The van der Waals surface area contributed by atoms with Crippen molar-refractivity contribution < 1.29 is 13.2 Å². The maximum atomic E-state index is 13.8. The van der Waals surface area contributed by atoms with Crippen LogP contribution in [0.15, 0.2) is 18.2 Å². The minimum Gasteiger partial charge on any atom is -0.369 e. The maximum Gasteiger partial charge on any atom is 0.161 e. The molecule has 20 heavy (non-hydrogen) atoms. The standard InChI is InChI=1S/C13H9Cl2F3N2/c1-2-19-13-8(15)4-7(14)12(20-13)6-3-10(17)11(18)5-9(6)16/h3-5H,2H2,1H3,(H,19,20). The monoisotopic (exact) mass is 320 g/mol.